The van der Waals surface area contributed by atoms with Crippen molar-refractivity contribution in [3.8, 4) is 0 Å². The molecule has 1 aliphatic heterocycles. The standard InChI is InChI=1S/C9H19FN2/c1-11-9-4-2-6-12(8-9)7-3-5-10/h9,11H,2-8H2,1H3. The Balaban J connectivity index is 2.16. The van der Waals surface area contributed by atoms with Crippen LogP contribution in [0.25, 0.3) is 0 Å². The van der Waals surface area contributed by atoms with Crippen LogP contribution in [-0.2, 0) is 0 Å². The van der Waals surface area contributed by atoms with Crippen LogP contribution in [0.15, 0.2) is 0 Å². The normalized spacial score (nSPS) is 26.0. The highest BCUT2D eigenvalue weighted by Crippen LogP contribution is 2.09. The number of hydrogen-bond donors (Lipinski definition) is 1. The third-order valence-electron chi connectivity index (χ3n) is 2.52. The molecular formula is C9H19FN2. The number of likely N-dealkylation sites (tertiary alicyclic amines) is 1. The van der Waals surface area contributed by atoms with Crippen LogP contribution in [0.5, 0.6) is 0 Å². The van der Waals surface area contributed by atoms with Crippen molar-refractivity contribution in [2.24, 2.45) is 0 Å². The summed E-state index contributed by atoms with van der Waals surface area (Å²) in [7, 11) is 2.00. The average molecular weight is 174 g/mol. The molecular weight excluding hydrogens is 155 g/mol. The molecule has 1 rings (SSSR count). The van der Waals surface area contributed by atoms with Gasteiger partial charge in [-0.05, 0) is 32.9 Å². The van der Waals surface area contributed by atoms with E-state index in [1.807, 2.05) is 7.05 Å². The summed E-state index contributed by atoms with van der Waals surface area (Å²) >= 11 is 0. The Morgan fingerprint density at radius 2 is 2.42 bits per heavy atom. The first-order chi connectivity index (χ1) is 5.86. The predicted octanol–water partition coefficient (Wildman–Crippen LogP) is 1.03. The van der Waals surface area contributed by atoms with Crippen molar-refractivity contribution in [1.29, 1.82) is 0 Å². The van der Waals surface area contributed by atoms with Gasteiger partial charge in [-0.3, -0.25) is 4.39 Å². The van der Waals surface area contributed by atoms with E-state index in [1.54, 1.807) is 0 Å². The molecule has 1 heterocycles. The highest BCUT2D eigenvalue weighted by Gasteiger charge is 2.17. The van der Waals surface area contributed by atoms with Crippen molar-refractivity contribution in [2.45, 2.75) is 25.3 Å². The van der Waals surface area contributed by atoms with Crippen LogP contribution >= 0.6 is 0 Å². The molecule has 1 unspecified atom stereocenters. The Kier molecular flexibility index (Phi) is 4.54. The summed E-state index contributed by atoms with van der Waals surface area (Å²) in [6.07, 6.45) is 3.21. The summed E-state index contributed by atoms with van der Waals surface area (Å²) in [5, 5.41) is 3.27. The SMILES string of the molecule is CNC1CCCN(CCCF)C1. The van der Waals surface area contributed by atoms with Gasteiger partial charge in [-0.15, -0.1) is 0 Å². The second kappa shape index (κ2) is 5.49. The first-order valence-corrected chi connectivity index (χ1v) is 4.82. The second-order valence-corrected chi connectivity index (χ2v) is 3.47. The Bertz CT molecular complexity index is 119. The van der Waals surface area contributed by atoms with Crippen LogP contribution in [0.1, 0.15) is 19.3 Å². The van der Waals surface area contributed by atoms with Crippen LogP contribution < -0.4 is 5.32 Å². The lowest BCUT2D eigenvalue weighted by atomic mass is 10.1. The molecule has 0 spiro atoms. The van der Waals surface area contributed by atoms with E-state index in [4.69, 9.17) is 0 Å². The Hall–Kier alpha value is -0.150. The fourth-order valence-electron chi connectivity index (χ4n) is 1.78. The number of halogens is 1. The smallest absolute Gasteiger partial charge is 0.0906 e. The molecule has 2 nitrogen and oxygen atoms in total. The van der Waals surface area contributed by atoms with Crippen molar-refractivity contribution >= 4 is 0 Å². The molecule has 0 radical (unpaired) electrons. The van der Waals surface area contributed by atoms with E-state index in [2.05, 4.69) is 10.2 Å². The predicted molar refractivity (Wildman–Crippen MR) is 49.1 cm³/mol. The fraction of sp³-hybridized carbons (Fsp3) is 1.00. The molecule has 1 fully saturated rings. The fourth-order valence-corrected chi connectivity index (χ4v) is 1.78. The topological polar surface area (TPSA) is 15.3 Å². The molecule has 0 amide bonds. The minimum Gasteiger partial charge on any atom is -0.316 e. The zero-order valence-electron chi connectivity index (χ0n) is 7.85. The van der Waals surface area contributed by atoms with Gasteiger partial charge in [-0.1, -0.05) is 0 Å². The van der Waals surface area contributed by atoms with Gasteiger partial charge in [0.2, 0.25) is 0 Å². The van der Waals surface area contributed by atoms with Gasteiger partial charge in [0.15, 0.2) is 0 Å². The summed E-state index contributed by atoms with van der Waals surface area (Å²) in [4.78, 5) is 2.35. The lowest BCUT2D eigenvalue weighted by molar-refractivity contribution is 0.188. The molecule has 0 aromatic rings. The maximum atomic E-state index is 11.9. The molecule has 3 heteroatoms. The van der Waals surface area contributed by atoms with Crippen molar-refractivity contribution in [3.63, 3.8) is 0 Å². The molecule has 0 aromatic heterocycles. The van der Waals surface area contributed by atoms with Crippen molar-refractivity contribution in [1.82, 2.24) is 10.2 Å². The highest BCUT2D eigenvalue weighted by molar-refractivity contribution is 4.76. The van der Waals surface area contributed by atoms with E-state index in [0.29, 0.717) is 12.5 Å². The van der Waals surface area contributed by atoms with Crippen LogP contribution in [0.2, 0.25) is 0 Å². The number of likely N-dealkylation sites (N-methyl/N-ethyl adjacent to an activating group) is 1. The van der Waals surface area contributed by atoms with Crippen molar-refractivity contribution < 1.29 is 4.39 Å². The number of rotatable bonds is 4. The number of alkyl halides is 1. The molecule has 1 saturated heterocycles. The van der Waals surface area contributed by atoms with Crippen LogP contribution in [0.3, 0.4) is 0 Å². The van der Waals surface area contributed by atoms with E-state index in [9.17, 15) is 4.39 Å². The number of nitrogens with zero attached hydrogens (tertiary/aromatic N) is 1. The van der Waals surface area contributed by atoms with Gasteiger partial charge in [-0.25, -0.2) is 0 Å². The van der Waals surface area contributed by atoms with Gasteiger partial charge >= 0.3 is 0 Å². The largest absolute Gasteiger partial charge is 0.316 e. The van der Waals surface area contributed by atoms with Crippen LogP contribution in [-0.4, -0.2) is 44.3 Å². The molecule has 0 bridgehead atoms. The minimum atomic E-state index is -0.180. The van der Waals surface area contributed by atoms with Crippen LogP contribution in [0.4, 0.5) is 4.39 Å². The van der Waals surface area contributed by atoms with E-state index in [1.165, 1.54) is 12.8 Å². The number of nitrogens with one attached hydrogen (secondary N) is 1. The van der Waals surface area contributed by atoms with Gasteiger partial charge in [0.05, 0.1) is 6.67 Å². The zero-order valence-corrected chi connectivity index (χ0v) is 7.85. The average Bonchev–Trinajstić information content (AvgIpc) is 2.15. The maximum absolute atomic E-state index is 11.9. The first-order valence-electron chi connectivity index (χ1n) is 4.82. The molecule has 0 aliphatic carbocycles. The van der Waals surface area contributed by atoms with E-state index in [-0.39, 0.29) is 6.67 Å². The van der Waals surface area contributed by atoms with Gasteiger partial charge in [0.1, 0.15) is 0 Å². The molecule has 1 aliphatic rings. The van der Waals surface area contributed by atoms with Crippen LogP contribution in [0, 0.1) is 0 Å². The third-order valence-corrected chi connectivity index (χ3v) is 2.52. The zero-order chi connectivity index (χ0) is 8.81. The summed E-state index contributed by atoms with van der Waals surface area (Å²) in [5.41, 5.74) is 0. The highest BCUT2D eigenvalue weighted by atomic mass is 19.1. The third kappa shape index (κ3) is 3.07. The molecule has 1 N–H and O–H groups in total. The Morgan fingerprint density at radius 3 is 3.08 bits per heavy atom. The van der Waals surface area contributed by atoms with E-state index < -0.39 is 0 Å². The van der Waals surface area contributed by atoms with Gasteiger partial charge in [0, 0.05) is 19.1 Å². The van der Waals surface area contributed by atoms with Crippen molar-refractivity contribution in [3.05, 3.63) is 0 Å². The Labute approximate surface area is 74.1 Å². The van der Waals surface area contributed by atoms with E-state index in [0.717, 1.165) is 19.6 Å². The second-order valence-electron chi connectivity index (χ2n) is 3.47. The molecule has 0 aromatic carbocycles. The lowest BCUT2D eigenvalue weighted by Gasteiger charge is -2.32. The Morgan fingerprint density at radius 1 is 1.58 bits per heavy atom. The van der Waals surface area contributed by atoms with Gasteiger partial charge in [-0.2, -0.15) is 0 Å². The minimum absolute atomic E-state index is 0.180. The summed E-state index contributed by atoms with van der Waals surface area (Å²) in [6, 6.07) is 0.623. The quantitative estimate of drug-likeness (QED) is 0.685. The van der Waals surface area contributed by atoms with Gasteiger partial charge < -0.3 is 10.2 Å². The number of piperidine rings is 1. The van der Waals surface area contributed by atoms with Crippen molar-refractivity contribution in [2.75, 3.05) is 33.4 Å². The summed E-state index contributed by atoms with van der Waals surface area (Å²) < 4.78 is 11.9. The molecule has 12 heavy (non-hydrogen) atoms. The first kappa shape index (κ1) is 9.93. The van der Waals surface area contributed by atoms with Gasteiger partial charge in [0.25, 0.3) is 0 Å². The maximum Gasteiger partial charge on any atom is 0.0906 e. The molecule has 0 saturated carbocycles. The summed E-state index contributed by atoms with van der Waals surface area (Å²) in [6.45, 7) is 2.99. The lowest BCUT2D eigenvalue weighted by Crippen LogP contribution is -2.44. The monoisotopic (exact) mass is 174 g/mol. The molecule has 72 valence electrons. The molecule has 1 atom stereocenters. The number of hydrogen-bond acceptors (Lipinski definition) is 2. The van der Waals surface area contributed by atoms with E-state index >= 15 is 0 Å². The summed E-state index contributed by atoms with van der Waals surface area (Å²) in [5.74, 6) is 0.